The number of phenols is 1. The number of thioether (sulfide) groups is 1. The lowest BCUT2D eigenvalue weighted by Crippen LogP contribution is -2.58. The molecule has 3 N–H and O–H groups in total. The van der Waals surface area contributed by atoms with Crippen LogP contribution in [0, 0.1) is 0 Å². The van der Waals surface area contributed by atoms with Crippen molar-refractivity contribution >= 4 is 45.4 Å². The summed E-state index contributed by atoms with van der Waals surface area (Å²) in [5, 5.41) is 27.7. The van der Waals surface area contributed by atoms with Gasteiger partial charge in [0.05, 0.1) is 34.8 Å². The van der Waals surface area contributed by atoms with Gasteiger partial charge in [0.15, 0.2) is 5.17 Å². The molecule has 3 aromatic rings. The van der Waals surface area contributed by atoms with E-state index < -0.39 is 41.1 Å². The van der Waals surface area contributed by atoms with Gasteiger partial charge in [0.2, 0.25) is 0 Å². The van der Waals surface area contributed by atoms with E-state index in [1.165, 1.54) is 17.0 Å². The Morgan fingerprint density at radius 1 is 1.16 bits per heavy atom. The van der Waals surface area contributed by atoms with Crippen molar-refractivity contribution in [3.05, 3.63) is 64.2 Å². The fourth-order valence-electron chi connectivity index (χ4n) is 4.98. The molecular formula is C29H30F3N5O5S. The summed E-state index contributed by atoms with van der Waals surface area (Å²) in [6, 6.07) is 7.59. The number of ether oxygens (including phenoxy) is 1. The number of hydrogen-bond donors (Lipinski definition) is 3. The smallest absolute Gasteiger partial charge is 0.416 e. The predicted octanol–water partition coefficient (Wildman–Crippen LogP) is 4.78. The van der Waals surface area contributed by atoms with Crippen LogP contribution < -0.4 is 0 Å². The number of amides is 2. The largest absolute Gasteiger partial charge is 0.508 e. The van der Waals surface area contributed by atoms with Gasteiger partial charge in [-0.05, 0) is 79.9 Å². The number of rotatable bonds is 4. The molecule has 0 bridgehead atoms. The second-order valence-corrected chi connectivity index (χ2v) is 12.2. The zero-order chi connectivity index (χ0) is 31.1. The zero-order valence-corrected chi connectivity index (χ0v) is 24.4. The van der Waals surface area contributed by atoms with Crippen LogP contribution in [0.25, 0.3) is 16.5 Å². The first-order chi connectivity index (χ1) is 20.2. The van der Waals surface area contributed by atoms with E-state index in [4.69, 9.17) is 4.74 Å². The predicted molar refractivity (Wildman–Crippen MR) is 155 cm³/mol. The number of aromatic amines is 1. The summed E-state index contributed by atoms with van der Waals surface area (Å²) >= 11 is 1.04. The number of piperazine rings is 1. The molecule has 0 aliphatic carbocycles. The van der Waals surface area contributed by atoms with E-state index in [-0.39, 0.29) is 36.6 Å². The second-order valence-electron chi connectivity index (χ2n) is 11.3. The van der Waals surface area contributed by atoms with Crippen molar-refractivity contribution < 1.29 is 37.7 Å². The summed E-state index contributed by atoms with van der Waals surface area (Å²) in [7, 11) is 0. The number of nitrogens with zero attached hydrogens (tertiary/aromatic N) is 4. The minimum atomic E-state index is -4.74. The van der Waals surface area contributed by atoms with Crippen LogP contribution >= 0.6 is 11.8 Å². The molecule has 1 atom stereocenters. The maximum absolute atomic E-state index is 14.0. The molecule has 1 saturated heterocycles. The number of aliphatic imine (C=N–C) groups is 1. The molecule has 2 amide bonds. The first kappa shape index (κ1) is 30.4. The Morgan fingerprint density at radius 2 is 1.93 bits per heavy atom. The van der Waals surface area contributed by atoms with Crippen LogP contribution in [-0.4, -0.2) is 85.3 Å². The summed E-state index contributed by atoms with van der Waals surface area (Å²) in [4.78, 5) is 33.7. The number of carbonyl (C=O) groups excluding carboxylic acids is 2. The molecule has 0 spiro atoms. The Labute approximate surface area is 249 Å². The van der Waals surface area contributed by atoms with Gasteiger partial charge in [-0.15, -0.1) is 0 Å². The lowest BCUT2D eigenvalue weighted by Gasteiger charge is -2.41. The van der Waals surface area contributed by atoms with Crippen molar-refractivity contribution in [2.24, 2.45) is 4.99 Å². The molecule has 3 heterocycles. The van der Waals surface area contributed by atoms with Gasteiger partial charge in [-0.2, -0.15) is 23.3 Å². The molecule has 10 nitrogen and oxygen atoms in total. The highest BCUT2D eigenvalue weighted by Crippen LogP contribution is 2.41. The Morgan fingerprint density at radius 3 is 2.63 bits per heavy atom. The van der Waals surface area contributed by atoms with Crippen LogP contribution in [0.2, 0.25) is 0 Å². The molecule has 228 valence electrons. The third-order valence-corrected chi connectivity index (χ3v) is 8.16. The van der Waals surface area contributed by atoms with Crippen LogP contribution in [-0.2, 0) is 22.1 Å². The maximum Gasteiger partial charge on any atom is 0.416 e. The number of phenolic OH excluding ortho intramolecular Hbond substituents is 1. The van der Waals surface area contributed by atoms with Gasteiger partial charge in [-0.3, -0.25) is 14.8 Å². The highest BCUT2D eigenvalue weighted by molar-refractivity contribution is 8.18. The van der Waals surface area contributed by atoms with E-state index in [0.29, 0.717) is 39.8 Å². The summed E-state index contributed by atoms with van der Waals surface area (Å²) in [6.07, 6.45) is -3.98. The van der Waals surface area contributed by atoms with Gasteiger partial charge >= 0.3 is 12.3 Å². The fourth-order valence-corrected chi connectivity index (χ4v) is 6.04. The number of aliphatic hydroxyl groups excluding tert-OH is 1. The van der Waals surface area contributed by atoms with Crippen LogP contribution in [0.3, 0.4) is 0 Å². The SMILES string of the molecule is CC(C)(C)OC(=O)N1CCN(C2=NC(=O)C(=C(Cc3ccc(O)cc3C(F)(F)F)c3ccc4[nH]ncc4c3)S2)C[C@@H]1CO. The molecule has 43 heavy (non-hydrogen) atoms. The molecule has 2 aromatic carbocycles. The minimum absolute atomic E-state index is 0.117. The lowest BCUT2D eigenvalue weighted by atomic mass is 9.93. The van der Waals surface area contributed by atoms with Gasteiger partial charge in [-0.25, -0.2) is 4.79 Å². The third-order valence-electron chi connectivity index (χ3n) is 7.01. The number of hydrogen-bond acceptors (Lipinski definition) is 8. The fraction of sp³-hybridized carbons (Fsp3) is 0.379. The van der Waals surface area contributed by atoms with Crippen molar-refractivity contribution in [2.75, 3.05) is 26.2 Å². The van der Waals surface area contributed by atoms with Crippen molar-refractivity contribution in [3.8, 4) is 5.75 Å². The van der Waals surface area contributed by atoms with Gasteiger partial charge in [-0.1, -0.05) is 12.1 Å². The molecule has 0 unspecified atom stereocenters. The van der Waals surface area contributed by atoms with Crippen molar-refractivity contribution in [1.82, 2.24) is 20.0 Å². The number of fused-ring (bicyclic) bond motifs is 1. The standard InChI is InChI=1S/C29H30F3N5O5S/c1-28(2,3)42-27(41)37-9-8-36(14-19(37)15-38)26-34-25(40)24(43-26)21(16-5-7-23-18(10-16)13-33-35-23)11-17-4-6-20(39)12-22(17)29(30,31)32/h4-7,10,12-13,19,38-39H,8-9,11,14-15H2,1-3H3,(H,33,35)/t19-/m1/s1. The monoisotopic (exact) mass is 617 g/mol. The molecule has 1 aromatic heterocycles. The molecule has 0 radical (unpaired) electrons. The van der Waals surface area contributed by atoms with E-state index in [1.807, 2.05) is 0 Å². The van der Waals surface area contributed by atoms with E-state index in [1.54, 1.807) is 50.1 Å². The first-order valence-corrected chi connectivity index (χ1v) is 14.3. The Balaban J connectivity index is 1.48. The quantitative estimate of drug-likeness (QED) is 0.357. The molecule has 1 fully saturated rings. The molecule has 2 aliphatic rings. The van der Waals surface area contributed by atoms with E-state index in [0.717, 1.165) is 11.8 Å². The third kappa shape index (κ3) is 6.64. The Bertz CT molecular complexity index is 1630. The topological polar surface area (TPSA) is 131 Å². The molecule has 2 aliphatic heterocycles. The number of aliphatic hydroxyl groups is 1. The number of amidine groups is 1. The number of aromatic hydroxyl groups is 1. The van der Waals surface area contributed by atoms with Gasteiger partial charge < -0.3 is 19.8 Å². The number of allylic oxidation sites excluding steroid dienone is 1. The number of H-pyrrole nitrogens is 1. The van der Waals surface area contributed by atoms with Crippen molar-refractivity contribution in [1.29, 1.82) is 0 Å². The number of alkyl halides is 3. The number of nitrogens with one attached hydrogen (secondary N) is 1. The van der Waals surface area contributed by atoms with Crippen LogP contribution in [0.15, 0.2) is 52.5 Å². The Kier molecular flexibility index (Phi) is 8.18. The zero-order valence-electron chi connectivity index (χ0n) is 23.6. The highest BCUT2D eigenvalue weighted by Gasteiger charge is 2.38. The maximum atomic E-state index is 14.0. The molecular weight excluding hydrogens is 587 g/mol. The number of carbonyl (C=O) groups is 2. The summed E-state index contributed by atoms with van der Waals surface area (Å²) in [5.74, 6) is -1.13. The molecule has 0 saturated carbocycles. The van der Waals surface area contributed by atoms with E-state index >= 15 is 0 Å². The average Bonchev–Trinajstić information content (AvgIpc) is 3.56. The summed E-state index contributed by atoms with van der Waals surface area (Å²) in [5.41, 5.74) is -0.271. The van der Waals surface area contributed by atoms with Crippen molar-refractivity contribution in [3.63, 3.8) is 0 Å². The summed E-state index contributed by atoms with van der Waals surface area (Å²) in [6.45, 7) is 5.58. The Hall–Kier alpha value is -4.04. The van der Waals surface area contributed by atoms with Crippen LogP contribution in [0.1, 0.15) is 37.5 Å². The van der Waals surface area contributed by atoms with Gasteiger partial charge in [0, 0.05) is 25.0 Å². The average molecular weight is 618 g/mol. The highest BCUT2D eigenvalue weighted by atomic mass is 32.2. The lowest BCUT2D eigenvalue weighted by molar-refractivity contribution is -0.138. The van der Waals surface area contributed by atoms with Crippen LogP contribution in [0.5, 0.6) is 5.75 Å². The van der Waals surface area contributed by atoms with Crippen LogP contribution in [0.4, 0.5) is 18.0 Å². The van der Waals surface area contributed by atoms with Crippen molar-refractivity contribution in [2.45, 2.75) is 45.0 Å². The van der Waals surface area contributed by atoms with Gasteiger partial charge in [0.25, 0.3) is 5.91 Å². The minimum Gasteiger partial charge on any atom is -0.508 e. The first-order valence-electron chi connectivity index (χ1n) is 13.5. The van der Waals surface area contributed by atoms with E-state index in [2.05, 4.69) is 15.2 Å². The normalized spacial score (nSPS) is 19.2. The number of aromatic nitrogens is 2. The number of benzene rings is 2. The van der Waals surface area contributed by atoms with E-state index in [9.17, 15) is 33.0 Å². The molecule has 5 rings (SSSR count). The number of halogens is 3. The molecule has 14 heteroatoms. The van der Waals surface area contributed by atoms with Gasteiger partial charge in [0.1, 0.15) is 11.4 Å². The second kappa shape index (κ2) is 11.6. The summed E-state index contributed by atoms with van der Waals surface area (Å²) < 4.78 is 47.3.